The Labute approximate surface area is 158 Å². The van der Waals surface area contributed by atoms with Gasteiger partial charge < -0.3 is 4.42 Å². The van der Waals surface area contributed by atoms with E-state index in [0.29, 0.717) is 5.69 Å². The van der Waals surface area contributed by atoms with E-state index >= 15 is 0 Å². The Morgan fingerprint density at radius 2 is 1.75 bits per heavy atom. The van der Waals surface area contributed by atoms with Gasteiger partial charge in [-0.3, -0.25) is 4.31 Å². The standard InChI is InChI=1S/C17H12F5N3O2S/c1-28(26)25(13-6-4-12(18)5-7-13)9-11-3-2-10(8-14(11)19)15-23-24-16(27-15)17(20,21)22/h2-8H,9H2,1H3. The van der Waals surface area contributed by atoms with Gasteiger partial charge >= 0.3 is 12.1 Å². The van der Waals surface area contributed by atoms with Gasteiger partial charge in [0.15, 0.2) is 0 Å². The maximum Gasteiger partial charge on any atom is 0.470 e. The van der Waals surface area contributed by atoms with E-state index < -0.39 is 40.6 Å². The SMILES string of the molecule is CS(=O)N(Cc1ccc(-c2nnc(C(F)(F)F)o2)cc1F)c1ccc(F)cc1. The molecule has 11 heteroatoms. The molecule has 5 nitrogen and oxygen atoms in total. The van der Waals surface area contributed by atoms with Gasteiger partial charge in [-0.05, 0) is 36.4 Å². The zero-order valence-electron chi connectivity index (χ0n) is 14.2. The third kappa shape index (κ3) is 4.35. The number of benzene rings is 2. The summed E-state index contributed by atoms with van der Waals surface area (Å²) in [4.78, 5) is 0. The van der Waals surface area contributed by atoms with Crippen LogP contribution in [0.1, 0.15) is 11.5 Å². The van der Waals surface area contributed by atoms with Gasteiger partial charge in [-0.1, -0.05) is 6.07 Å². The number of nitrogens with zero attached hydrogens (tertiary/aromatic N) is 3. The van der Waals surface area contributed by atoms with Crippen molar-refractivity contribution in [2.75, 3.05) is 10.6 Å². The molecule has 2 aromatic carbocycles. The minimum Gasteiger partial charge on any atom is -0.413 e. The molecule has 3 rings (SSSR count). The average molecular weight is 417 g/mol. The monoisotopic (exact) mass is 417 g/mol. The maximum absolute atomic E-state index is 14.5. The molecule has 0 amide bonds. The number of aromatic nitrogens is 2. The maximum atomic E-state index is 14.5. The van der Waals surface area contributed by atoms with E-state index in [2.05, 4.69) is 14.6 Å². The normalized spacial score (nSPS) is 12.8. The minimum atomic E-state index is -4.80. The summed E-state index contributed by atoms with van der Waals surface area (Å²) in [5.41, 5.74) is 0.506. The van der Waals surface area contributed by atoms with E-state index in [1.54, 1.807) is 0 Å². The molecule has 1 heterocycles. The van der Waals surface area contributed by atoms with Crippen LogP contribution in [0.3, 0.4) is 0 Å². The molecule has 0 spiro atoms. The van der Waals surface area contributed by atoms with Crippen molar-refractivity contribution in [3.05, 3.63) is 65.6 Å². The molecule has 3 aromatic rings. The molecule has 1 unspecified atom stereocenters. The van der Waals surface area contributed by atoms with E-state index in [9.17, 15) is 26.2 Å². The molecule has 0 radical (unpaired) electrons. The van der Waals surface area contributed by atoms with Crippen molar-refractivity contribution >= 4 is 16.7 Å². The number of anilines is 1. The first-order chi connectivity index (χ1) is 13.1. The van der Waals surface area contributed by atoms with Gasteiger partial charge in [-0.25, -0.2) is 13.0 Å². The molecular weight excluding hydrogens is 405 g/mol. The Morgan fingerprint density at radius 3 is 2.29 bits per heavy atom. The van der Waals surface area contributed by atoms with Crippen LogP contribution in [0.15, 0.2) is 46.9 Å². The summed E-state index contributed by atoms with van der Waals surface area (Å²) in [6.07, 6.45) is -3.42. The fourth-order valence-corrected chi connectivity index (χ4v) is 3.10. The first kappa shape index (κ1) is 19.9. The third-order valence-electron chi connectivity index (χ3n) is 3.71. The van der Waals surface area contributed by atoms with Crippen molar-refractivity contribution in [3.8, 4) is 11.5 Å². The van der Waals surface area contributed by atoms with Gasteiger partial charge in [0.25, 0.3) is 0 Å². The van der Waals surface area contributed by atoms with Gasteiger partial charge in [0.2, 0.25) is 5.89 Å². The Kier molecular flexibility index (Phi) is 5.45. The lowest BCUT2D eigenvalue weighted by Crippen LogP contribution is -2.24. The van der Waals surface area contributed by atoms with Crippen LogP contribution in [0.2, 0.25) is 0 Å². The number of rotatable bonds is 5. The van der Waals surface area contributed by atoms with Crippen LogP contribution < -0.4 is 4.31 Å². The Balaban J connectivity index is 1.86. The van der Waals surface area contributed by atoms with E-state index in [1.807, 2.05) is 0 Å². The lowest BCUT2D eigenvalue weighted by atomic mass is 10.1. The summed E-state index contributed by atoms with van der Waals surface area (Å²) < 4.78 is 83.0. The van der Waals surface area contributed by atoms with E-state index in [-0.39, 0.29) is 17.7 Å². The highest BCUT2D eigenvalue weighted by molar-refractivity contribution is 7.85. The van der Waals surface area contributed by atoms with E-state index in [1.165, 1.54) is 47.0 Å². The number of alkyl halides is 3. The number of halogens is 5. The Hall–Kier alpha value is -2.82. The summed E-state index contributed by atoms with van der Waals surface area (Å²) in [5.74, 6) is -3.25. The summed E-state index contributed by atoms with van der Waals surface area (Å²) in [6.45, 7) is -0.113. The second kappa shape index (κ2) is 7.66. The van der Waals surface area contributed by atoms with Crippen molar-refractivity contribution in [3.63, 3.8) is 0 Å². The van der Waals surface area contributed by atoms with E-state index in [4.69, 9.17) is 0 Å². The molecular formula is C17H12F5N3O2S. The molecule has 1 aromatic heterocycles. The largest absolute Gasteiger partial charge is 0.470 e. The first-order valence-electron chi connectivity index (χ1n) is 7.71. The van der Waals surface area contributed by atoms with E-state index in [0.717, 1.165) is 6.07 Å². The van der Waals surface area contributed by atoms with Gasteiger partial charge in [-0.15, -0.1) is 10.2 Å². The van der Waals surface area contributed by atoms with Crippen LogP contribution in [-0.4, -0.2) is 20.7 Å². The number of hydrogen-bond acceptors (Lipinski definition) is 4. The van der Waals surface area contributed by atoms with Gasteiger partial charge in [0.05, 0.1) is 6.54 Å². The second-order valence-electron chi connectivity index (χ2n) is 5.65. The van der Waals surface area contributed by atoms with Crippen molar-refractivity contribution in [2.24, 2.45) is 0 Å². The highest BCUT2D eigenvalue weighted by atomic mass is 32.2. The Bertz CT molecular complexity index is 1000. The smallest absolute Gasteiger partial charge is 0.413 e. The summed E-state index contributed by atoms with van der Waals surface area (Å²) in [6, 6.07) is 8.74. The summed E-state index contributed by atoms with van der Waals surface area (Å²) in [7, 11) is -1.54. The molecule has 1 atom stereocenters. The highest BCUT2D eigenvalue weighted by Crippen LogP contribution is 2.31. The van der Waals surface area contributed by atoms with Crippen molar-refractivity contribution in [1.82, 2.24) is 10.2 Å². The molecule has 0 saturated carbocycles. The zero-order valence-corrected chi connectivity index (χ0v) is 15.0. The molecule has 0 aliphatic heterocycles. The minimum absolute atomic E-state index is 0.0322. The molecule has 0 aliphatic rings. The van der Waals surface area contributed by atoms with Gasteiger partial charge in [0.1, 0.15) is 22.6 Å². The molecule has 28 heavy (non-hydrogen) atoms. The van der Waals surface area contributed by atoms with Crippen LogP contribution in [0.4, 0.5) is 27.6 Å². The predicted molar refractivity (Wildman–Crippen MR) is 91.3 cm³/mol. The third-order valence-corrected chi connectivity index (χ3v) is 4.67. The van der Waals surface area contributed by atoms with Crippen LogP contribution in [0, 0.1) is 11.6 Å². The molecule has 0 bridgehead atoms. The topological polar surface area (TPSA) is 59.2 Å². The highest BCUT2D eigenvalue weighted by Gasteiger charge is 2.38. The lowest BCUT2D eigenvalue weighted by molar-refractivity contribution is -0.156. The zero-order chi connectivity index (χ0) is 20.5. The van der Waals surface area contributed by atoms with Crippen molar-refractivity contribution in [1.29, 1.82) is 0 Å². The van der Waals surface area contributed by atoms with Crippen LogP contribution in [0.25, 0.3) is 11.5 Å². The fourth-order valence-electron chi connectivity index (χ4n) is 2.36. The Morgan fingerprint density at radius 1 is 1.07 bits per heavy atom. The van der Waals surface area contributed by atoms with Crippen LogP contribution in [0.5, 0.6) is 0 Å². The van der Waals surface area contributed by atoms with Gasteiger partial charge in [0, 0.05) is 23.1 Å². The molecule has 0 saturated heterocycles. The molecule has 0 aliphatic carbocycles. The predicted octanol–water partition coefficient (Wildman–Crippen LogP) is 4.33. The lowest BCUT2D eigenvalue weighted by Gasteiger charge is -2.22. The number of hydrogen-bond donors (Lipinski definition) is 0. The first-order valence-corrected chi connectivity index (χ1v) is 9.23. The molecule has 148 valence electrons. The summed E-state index contributed by atoms with van der Waals surface area (Å²) >= 11 is 0. The quantitative estimate of drug-likeness (QED) is 0.580. The van der Waals surface area contributed by atoms with Crippen LogP contribution in [-0.2, 0) is 23.7 Å². The second-order valence-corrected chi connectivity index (χ2v) is 6.94. The fraction of sp³-hybridized carbons (Fsp3) is 0.176. The average Bonchev–Trinajstić information content (AvgIpc) is 3.12. The van der Waals surface area contributed by atoms with Crippen molar-refractivity contribution < 1.29 is 30.6 Å². The molecule has 0 fully saturated rings. The van der Waals surface area contributed by atoms with Crippen molar-refractivity contribution in [2.45, 2.75) is 12.7 Å². The van der Waals surface area contributed by atoms with Gasteiger partial charge in [-0.2, -0.15) is 13.2 Å². The molecule has 0 N–H and O–H groups in total. The summed E-state index contributed by atoms with van der Waals surface area (Å²) in [5, 5.41) is 6.16. The van der Waals surface area contributed by atoms with Crippen LogP contribution >= 0.6 is 0 Å².